The molecule has 4 nitrogen and oxygen atoms in total. The molecule has 116 valence electrons. The summed E-state index contributed by atoms with van der Waals surface area (Å²) in [5.41, 5.74) is 1.79. The normalized spacial score (nSPS) is 10.2. The highest BCUT2D eigenvalue weighted by Crippen LogP contribution is 2.27. The summed E-state index contributed by atoms with van der Waals surface area (Å²) in [6.45, 7) is -0.100. The van der Waals surface area contributed by atoms with Crippen LogP contribution in [0.4, 0.5) is 11.4 Å². The summed E-state index contributed by atoms with van der Waals surface area (Å²) in [6, 6.07) is 12.8. The van der Waals surface area contributed by atoms with E-state index in [4.69, 9.17) is 16.3 Å². The number of nitrogens with one attached hydrogen (secondary N) is 1. The van der Waals surface area contributed by atoms with Gasteiger partial charge in [0.25, 0.3) is 5.91 Å². The minimum atomic E-state index is -0.239. The lowest BCUT2D eigenvalue weighted by Crippen LogP contribution is -2.20. The van der Waals surface area contributed by atoms with Crippen LogP contribution in [0.5, 0.6) is 5.75 Å². The van der Waals surface area contributed by atoms with E-state index in [9.17, 15) is 4.79 Å². The number of ether oxygens (including phenoxy) is 1. The van der Waals surface area contributed by atoms with Gasteiger partial charge in [0.2, 0.25) is 0 Å². The first-order chi connectivity index (χ1) is 10.5. The second-order valence-corrected chi connectivity index (χ2v) is 6.18. The lowest BCUT2D eigenvalue weighted by Gasteiger charge is -2.13. The molecule has 0 fully saturated rings. The Morgan fingerprint density at radius 3 is 2.50 bits per heavy atom. The largest absolute Gasteiger partial charge is 0.482 e. The Kier molecular flexibility index (Phi) is 5.69. The molecule has 0 aromatic heterocycles. The van der Waals surface area contributed by atoms with Crippen LogP contribution in [0.15, 0.2) is 46.9 Å². The zero-order chi connectivity index (χ0) is 16.1. The van der Waals surface area contributed by atoms with Crippen LogP contribution in [0.3, 0.4) is 0 Å². The highest BCUT2D eigenvalue weighted by atomic mass is 79.9. The summed E-state index contributed by atoms with van der Waals surface area (Å²) in [5, 5.41) is 3.23. The summed E-state index contributed by atoms with van der Waals surface area (Å²) in [6.07, 6.45) is 0. The molecule has 1 amide bonds. The topological polar surface area (TPSA) is 41.6 Å². The van der Waals surface area contributed by atoms with E-state index >= 15 is 0 Å². The molecule has 2 aromatic rings. The smallest absolute Gasteiger partial charge is 0.262 e. The van der Waals surface area contributed by atoms with Crippen LogP contribution in [0, 0.1) is 0 Å². The molecule has 0 aliphatic heterocycles. The van der Waals surface area contributed by atoms with Gasteiger partial charge in [-0.25, -0.2) is 0 Å². The maximum atomic E-state index is 11.9. The van der Waals surface area contributed by atoms with Crippen LogP contribution in [0.1, 0.15) is 0 Å². The van der Waals surface area contributed by atoms with Crippen LogP contribution < -0.4 is 15.0 Å². The first-order valence-electron chi connectivity index (χ1n) is 6.61. The van der Waals surface area contributed by atoms with Crippen molar-refractivity contribution in [3.8, 4) is 5.75 Å². The molecule has 0 bridgehead atoms. The predicted octanol–water partition coefficient (Wildman–Crippen LogP) is 4.19. The van der Waals surface area contributed by atoms with Gasteiger partial charge in [0.15, 0.2) is 6.61 Å². The quantitative estimate of drug-likeness (QED) is 0.842. The molecule has 6 heteroatoms. The minimum absolute atomic E-state index is 0.100. The fourth-order valence-electron chi connectivity index (χ4n) is 1.78. The molecular formula is C16H16BrClN2O2. The van der Waals surface area contributed by atoms with E-state index in [0.717, 1.165) is 15.8 Å². The molecule has 2 aromatic carbocycles. The van der Waals surface area contributed by atoms with Gasteiger partial charge >= 0.3 is 0 Å². The lowest BCUT2D eigenvalue weighted by molar-refractivity contribution is -0.118. The third kappa shape index (κ3) is 4.64. The Morgan fingerprint density at radius 2 is 1.91 bits per heavy atom. The van der Waals surface area contributed by atoms with E-state index < -0.39 is 0 Å². The monoisotopic (exact) mass is 382 g/mol. The van der Waals surface area contributed by atoms with E-state index in [1.807, 2.05) is 43.3 Å². The summed E-state index contributed by atoms with van der Waals surface area (Å²) in [7, 11) is 3.92. The highest BCUT2D eigenvalue weighted by molar-refractivity contribution is 9.10. The Bertz CT molecular complexity index is 660. The Labute approximate surface area is 143 Å². The number of halogens is 2. The molecule has 0 saturated heterocycles. The minimum Gasteiger partial charge on any atom is -0.482 e. The maximum Gasteiger partial charge on any atom is 0.262 e. The molecule has 0 atom stereocenters. The van der Waals surface area contributed by atoms with Gasteiger partial charge in [-0.3, -0.25) is 4.79 Å². The second kappa shape index (κ2) is 7.51. The SMILES string of the molecule is CN(C)c1ccc(NC(=O)COc2ccc(Br)cc2Cl)cc1. The van der Waals surface area contributed by atoms with Crippen LogP contribution in [-0.4, -0.2) is 26.6 Å². The molecule has 0 unspecified atom stereocenters. The number of anilines is 2. The molecule has 22 heavy (non-hydrogen) atoms. The van der Waals surface area contributed by atoms with E-state index in [1.165, 1.54) is 0 Å². The summed E-state index contributed by atoms with van der Waals surface area (Å²) in [4.78, 5) is 13.9. The fraction of sp³-hybridized carbons (Fsp3) is 0.188. The van der Waals surface area contributed by atoms with Gasteiger partial charge < -0.3 is 15.0 Å². The lowest BCUT2D eigenvalue weighted by atomic mass is 10.2. The van der Waals surface area contributed by atoms with Gasteiger partial charge in [0.1, 0.15) is 5.75 Å². The number of hydrogen-bond donors (Lipinski definition) is 1. The van der Waals surface area contributed by atoms with Crippen molar-refractivity contribution in [2.75, 3.05) is 30.9 Å². The standard InChI is InChI=1S/C16H16BrClN2O2/c1-20(2)13-6-4-12(5-7-13)19-16(21)10-22-15-8-3-11(17)9-14(15)18/h3-9H,10H2,1-2H3,(H,19,21). The molecule has 0 aliphatic carbocycles. The molecule has 1 N–H and O–H groups in total. The van der Waals surface area contributed by atoms with E-state index in [2.05, 4.69) is 21.2 Å². The zero-order valence-electron chi connectivity index (χ0n) is 12.3. The number of nitrogens with zero attached hydrogens (tertiary/aromatic N) is 1. The van der Waals surface area contributed by atoms with Crippen molar-refractivity contribution in [2.24, 2.45) is 0 Å². The Morgan fingerprint density at radius 1 is 1.23 bits per heavy atom. The van der Waals surface area contributed by atoms with Crippen molar-refractivity contribution in [3.05, 3.63) is 52.0 Å². The molecular weight excluding hydrogens is 368 g/mol. The Balaban J connectivity index is 1.90. The maximum absolute atomic E-state index is 11.9. The van der Waals surface area contributed by atoms with Gasteiger partial charge in [-0.05, 0) is 42.5 Å². The van der Waals surface area contributed by atoms with Crippen LogP contribution in [0.2, 0.25) is 5.02 Å². The van der Waals surface area contributed by atoms with Crippen molar-refractivity contribution in [2.45, 2.75) is 0 Å². The van der Waals surface area contributed by atoms with E-state index in [0.29, 0.717) is 10.8 Å². The summed E-state index contributed by atoms with van der Waals surface area (Å²) in [5.74, 6) is 0.236. The number of rotatable bonds is 5. The molecule has 2 rings (SSSR count). The third-order valence-corrected chi connectivity index (χ3v) is 3.71. The third-order valence-electron chi connectivity index (χ3n) is 2.92. The molecule has 0 heterocycles. The van der Waals surface area contributed by atoms with Crippen LogP contribution >= 0.6 is 27.5 Å². The average molecular weight is 384 g/mol. The zero-order valence-corrected chi connectivity index (χ0v) is 14.6. The molecule has 0 saturated carbocycles. The number of carbonyl (C=O) groups is 1. The Hall–Kier alpha value is -1.72. The van der Waals surface area contributed by atoms with Crippen LogP contribution in [0.25, 0.3) is 0 Å². The highest BCUT2D eigenvalue weighted by Gasteiger charge is 2.07. The first-order valence-corrected chi connectivity index (χ1v) is 7.78. The number of benzene rings is 2. The molecule has 0 aliphatic rings. The van der Waals surface area contributed by atoms with Crippen molar-refractivity contribution >= 4 is 44.8 Å². The van der Waals surface area contributed by atoms with Gasteiger partial charge in [0.05, 0.1) is 5.02 Å². The molecule has 0 spiro atoms. The number of carbonyl (C=O) groups excluding carboxylic acids is 1. The van der Waals surface area contributed by atoms with Crippen molar-refractivity contribution in [1.29, 1.82) is 0 Å². The van der Waals surface area contributed by atoms with E-state index in [1.54, 1.807) is 18.2 Å². The van der Waals surface area contributed by atoms with Gasteiger partial charge in [0, 0.05) is 29.9 Å². The van der Waals surface area contributed by atoms with Crippen molar-refractivity contribution in [1.82, 2.24) is 0 Å². The fourth-order valence-corrected chi connectivity index (χ4v) is 2.50. The first kappa shape index (κ1) is 16.6. The number of amides is 1. The average Bonchev–Trinajstić information content (AvgIpc) is 2.47. The summed E-state index contributed by atoms with van der Waals surface area (Å²) < 4.78 is 6.27. The second-order valence-electron chi connectivity index (χ2n) is 4.85. The predicted molar refractivity (Wildman–Crippen MR) is 94.0 cm³/mol. The van der Waals surface area contributed by atoms with Gasteiger partial charge in [-0.1, -0.05) is 27.5 Å². The van der Waals surface area contributed by atoms with Gasteiger partial charge in [-0.2, -0.15) is 0 Å². The van der Waals surface area contributed by atoms with E-state index in [-0.39, 0.29) is 12.5 Å². The van der Waals surface area contributed by atoms with Crippen molar-refractivity contribution in [3.63, 3.8) is 0 Å². The summed E-state index contributed by atoms with van der Waals surface area (Å²) >= 11 is 9.34. The van der Waals surface area contributed by atoms with Gasteiger partial charge in [-0.15, -0.1) is 0 Å². The molecule has 0 radical (unpaired) electrons. The number of hydrogen-bond acceptors (Lipinski definition) is 3. The van der Waals surface area contributed by atoms with Crippen LogP contribution in [-0.2, 0) is 4.79 Å². The van der Waals surface area contributed by atoms with Crippen molar-refractivity contribution < 1.29 is 9.53 Å².